The summed E-state index contributed by atoms with van der Waals surface area (Å²) in [5.41, 5.74) is 6.52. The van der Waals surface area contributed by atoms with E-state index in [0.29, 0.717) is 24.5 Å². The summed E-state index contributed by atoms with van der Waals surface area (Å²) in [4.78, 5) is 25.2. The van der Waals surface area contributed by atoms with Crippen LogP contribution in [-0.2, 0) is 12.7 Å². The van der Waals surface area contributed by atoms with Crippen molar-refractivity contribution in [3.63, 3.8) is 0 Å². The largest absolute Gasteiger partial charge is 0.435 e. The molecule has 1 fully saturated rings. The second-order valence-corrected chi connectivity index (χ2v) is 7.70. The van der Waals surface area contributed by atoms with Gasteiger partial charge in [0.05, 0.1) is 17.3 Å². The molecule has 12 heteroatoms. The molecule has 0 spiro atoms. The second-order valence-electron chi connectivity index (χ2n) is 7.27. The maximum atomic E-state index is 13.3. The van der Waals surface area contributed by atoms with Gasteiger partial charge >= 0.3 is 6.18 Å². The number of nitrogens with zero attached hydrogens (tertiary/aromatic N) is 2. The van der Waals surface area contributed by atoms with Crippen molar-refractivity contribution in [1.82, 2.24) is 15.2 Å². The lowest BCUT2D eigenvalue weighted by Gasteiger charge is -2.24. The van der Waals surface area contributed by atoms with Crippen LogP contribution in [-0.4, -0.2) is 21.6 Å². The molecule has 1 saturated carbocycles. The van der Waals surface area contributed by atoms with Crippen LogP contribution in [0.5, 0.6) is 0 Å². The van der Waals surface area contributed by atoms with Crippen LogP contribution < -0.4 is 22.3 Å². The van der Waals surface area contributed by atoms with Gasteiger partial charge < -0.3 is 11.1 Å². The molecule has 2 aromatic rings. The highest BCUT2D eigenvalue weighted by molar-refractivity contribution is 6.31. The van der Waals surface area contributed by atoms with E-state index in [1.807, 2.05) is 5.43 Å². The number of hydrogen-bond acceptors (Lipinski definition) is 5. The molecular formula is C19H22ClF3N6O2. The number of aromatic nitrogens is 2. The number of hydrazine groups is 1. The molecule has 0 radical (unpaired) electrons. The summed E-state index contributed by atoms with van der Waals surface area (Å²) in [6.45, 7) is -0.0866. The minimum absolute atomic E-state index is 0.0183. The average Bonchev–Trinajstić information content (AvgIpc) is 3.21. The Morgan fingerprint density at radius 1 is 1.16 bits per heavy atom. The van der Waals surface area contributed by atoms with Crippen LogP contribution in [0.2, 0.25) is 5.02 Å². The van der Waals surface area contributed by atoms with Crippen molar-refractivity contribution in [3.8, 4) is 0 Å². The molecule has 8 nitrogen and oxygen atoms in total. The fourth-order valence-corrected chi connectivity index (χ4v) is 3.95. The first kappa shape index (κ1) is 23.0. The Hall–Kier alpha value is -2.63. The van der Waals surface area contributed by atoms with Gasteiger partial charge in [-0.3, -0.25) is 19.7 Å². The molecule has 6 N–H and O–H groups in total. The van der Waals surface area contributed by atoms with Crippen molar-refractivity contribution in [2.75, 3.05) is 5.32 Å². The normalized spacial score (nSPS) is 15.0. The number of rotatable bonds is 5. The number of alkyl halides is 3. The lowest BCUT2D eigenvalue weighted by atomic mass is 9.95. The molecule has 168 valence electrons. The summed E-state index contributed by atoms with van der Waals surface area (Å²) >= 11 is 6.01. The zero-order valence-electron chi connectivity index (χ0n) is 16.4. The monoisotopic (exact) mass is 458 g/mol. The zero-order chi connectivity index (χ0) is 22.8. The van der Waals surface area contributed by atoms with Gasteiger partial charge in [-0.1, -0.05) is 30.9 Å². The summed E-state index contributed by atoms with van der Waals surface area (Å²) in [6.07, 6.45) is -0.815. The maximum Gasteiger partial charge on any atom is 0.435 e. The quantitative estimate of drug-likeness (QED) is 0.310. The van der Waals surface area contributed by atoms with Gasteiger partial charge in [-0.15, -0.1) is 0 Å². The Bertz CT molecular complexity index is 986. The molecule has 0 saturated heterocycles. The molecular weight excluding hydrogens is 437 g/mol. The highest BCUT2D eigenvalue weighted by Crippen LogP contribution is 2.34. The Balaban J connectivity index is 2.04. The molecule has 0 atom stereocenters. The van der Waals surface area contributed by atoms with Crippen LogP contribution in [0, 0.1) is 0 Å². The van der Waals surface area contributed by atoms with E-state index in [1.54, 1.807) is 0 Å². The fourth-order valence-electron chi connectivity index (χ4n) is 3.71. The second kappa shape index (κ2) is 9.25. The van der Waals surface area contributed by atoms with Crippen molar-refractivity contribution in [2.24, 2.45) is 11.6 Å². The maximum absolute atomic E-state index is 13.3. The van der Waals surface area contributed by atoms with Gasteiger partial charge in [-0.2, -0.15) is 18.3 Å². The first-order chi connectivity index (χ1) is 14.7. The molecule has 0 unspecified atom stereocenters. The summed E-state index contributed by atoms with van der Waals surface area (Å²) in [7, 11) is 0. The van der Waals surface area contributed by atoms with Gasteiger partial charge in [-0.05, 0) is 30.5 Å². The first-order valence-electron chi connectivity index (χ1n) is 9.67. The van der Waals surface area contributed by atoms with E-state index in [-0.39, 0.29) is 34.6 Å². The van der Waals surface area contributed by atoms with Crippen LogP contribution in [0.1, 0.15) is 70.2 Å². The van der Waals surface area contributed by atoms with Gasteiger partial charge in [0.25, 0.3) is 11.8 Å². The average molecular weight is 459 g/mol. The number of amides is 2. The summed E-state index contributed by atoms with van der Waals surface area (Å²) in [5, 5.41) is 6.38. The Morgan fingerprint density at radius 2 is 1.84 bits per heavy atom. The number of nitrogens with two attached hydrogens (primary N) is 2. The summed E-state index contributed by atoms with van der Waals surface area (Å²) < 4.78 is 41.1. The Labute approximate surface area is 181 Å². The van der Waals surface area contributed by atoms with E-state index < -0.39 is 23.7 Å². The SMILES string of the molecule is NCc1cc(Cl)cc(C(=O)NN)c1NC(=O)c1cc(C(F)(F)F)nn1C1CCCCC1. The van der Waals surface area contributed by atoms with Gasteiger partial charge in [0.1, 0.15) is 5.69 Å². The van der Waals surface area contributed by atoms with Crippen molar-refractivity contribution < 1.29 is 22.8 Å². The molecule has 1 aliphatic rings. The van der Waals surface area contributed by atoms with Gasteiger partial charge in [0.15, 0.2) is 5.69 Å². The number of halogens is 4. The fraction of sp³-hybridized carbons (Fsp3) is 0.421. The van der Waals surface area contributed by atoms with Gasteiger partial charge in [0, 0.05) is 17.6 Å². The van der Waals surface area contributed by atoms with Crippen molar-refractivity contribution in [1.29, 1.82) is 0 Å². The molecule has 31 heavy (non-hydrogen) atoms. The molecule has 1 aromatic carbocycles. The van der Waals surface area contributed by atoms with Gasteiger partial charge in [-0.25, -0.2) is 5.84 Å². The number of carbonyl (C=O) groups excluding carboxylic acids is 2. The lowest BCUT2D eigenvalue weighted by molar-refractivity contribution is -0.141. The van der Waals surface area contributed by atoms with E-state index in [4.69, 9.17) is 23.2 Å². The predicted octanol–water partition coefficient (Wildman–Crippen LogP) is 3.38. The molecule has 1 aliphatic carbocycles. The number of benzene rings is 1. The van der Waals surface area contributed by atoms with Crippen molar-refractivity contribution in [3.05, 3.63) is 45.7 Å². The third kappa shape index (κ3) is 5.00. The van der Waals surface area contributed by atoms with E-state index >= 15 is 0 Å². The Morgan fingerprint density at radius 3 is 2.42 bits per heavy atom. The van der Waals surface area contributed by atoms with Crippen molar-refractivity contribution >= 4 is 29.1 Å². The van der Waals surface area contributed by atoms with Gasteiger partial charge in [0.2, 0.25) is 0 Å². The minimum Gasteiger partial charge on any atom is -0.326 e. The summed E-state index contributed by atoms with van der Waals surface area (Å²) in [5.74, 6) is 3.61. The van der Waals surface area contributed by atoms with E-state index in [2.05, 4.69) is 10.4 Å². The van der Waals surface area contributed by atoms with Crippen LogP contribution in [0.4, 0.5) is 18.9 Å². The predicted molar refractivity (Wildman–Crippen MR) is 108 cm³/mol. The van der Waals surface area contributed by atoms with Crippen LogP contribution in [0.25, 0.3) is 0 Å². The molecule has 1 heterocycles. The number of nitrogens with one attached hydrogen (secondary N) is 2. The first-order valence-corrected chi connectivity index (χ1v) is 10.0. The lowest BCUT2D eigenvalue weighted by Crippen LogP contribution is -2.32. The van der Waals surface area contributed by atoms with E-state index in [1.165, 1.54) is 12.1 Å². The molecule has 3 rings (SSSR count). The molecule has 0 aliphatic heterocycles. The zero-order valence-corrected chi connectivity index (χ0v) is 17.2. The smallest absolute Gasteiger partial charge is 0.326 e. The topological polar surface area (TPSA) is 128 Å². The van der Waals surface area contributed by atoms with Crippen LogP contribution >= 0.6 is 11.6 Å². The summed E-state index contributed by atoms with van der Waals surface area (Å²) in [6, 6.07) is 3.11. The standard InChI is InChI=1S/C19H22ClF3N6O2/c20-11-6-10(9-24)16(13(7-11)17(30)27-25)26-18(31)14-8-15(19(21,22)23)28-29(14)12-4-2-1-3-5-12/h6-8,12H,1-5,9,24-25H2,(H,26,31)(H,27,30). The Kier molecular flexibility index (Phi) is 6.87. The number of nitrogen functional groups attached to an aromatic ring is 1. The third-order valence-electron chi connectivity index (χ3n) is 5.20. The highest BCUT2D eigenvalue weighted by Gasteiger charge is 2.37. The highest BCUT2D eigenvalue weighted by atomic mass is 35.5. The third-order valence-corrected chi connectivity index (χ3v) is 5.42. The number of carbonyl (C=O) groups is 2. The van der Waals surface area contributed by atoms with E-state index in [9.17, 15) is 22.8 Å². The molecule has 2 amide bonds. The van der Waals surface area contributed by atoms with Crippen molar-refractivity contribution in [2.45, 2.75) is 50.9 Å². The van der Waals surface area contributed by atoms with Crippen LogP contribution in [0.15, 0.2) is 18.2 Å². The van der Waals surface area contributed by atoms with Crippen LogP contribution in [0.3, 0.4) is 0 Å². The minimum atomic E-state index is -4.71. The molecule has 0 bridgehead atoms. The molecule has 1 aromatic heterocycles. The van der Waals surface area contributed by atoms with E-state index in [0.717, 1.165) is 23.9 Å². The number of anilines is 1. The number of hydrogen-bond donors (Lipinski definition) is 4.